The lowest BCUT2D eigenvalue weighted by molar-refractivity contribution is -0.124. The zero-order chi connectivity index (χ0) is 15.0. The monoisotopic (exact) mass is 288 g/mol. The van der Waals surface area contributed by atoms with Gasteiger partial charge in [0.25, 0.3) is 0 Å². The fourth-order valence-corrected chi connectivity index (χ4v) is 3.43. The highest BCUT2D eigenvalue weighted by Crippen LogP contribution is 2.29. The summed E-state index contributed by atoms with van der Waals surface area (Å²) in [5.41, 5.74) is 2.23. The first-order chi connectivity index (χ1) is 10.0. The topological polar surface area (TPSA) is 69.6 Å². The number of carboxylic acid groups (broad SMARTS) is 1. The van der Waals surface area contributed by atoms with Crippen LogP contribution in [0.2, 0.25) is 0 Å². The molecule has 5 nitrogen and oxygen atoms in total. The first kappa shape index (κ1) is 13.9. The number of piperidine rings is 2. The molecule has 3 rings (SSSR count). The second-order valence-electron chi connectivity index (χ2n) is 6.01. The van der Waals surface area contributed by atoms with Crippen LogP contribution >= 0.6 is 0 Å². The maximum Gasteiger partial charge on any atom is 0.335 e. The molecule has 0 bridgehead atoms. The van der Waals surface area contributed by atoms with Gasteiger partial charge in [-0.2, -0.15) is 0 Å². The number of hydrogen-bond acceptors (Lipinski definition) is 3. The molecule has 1 amide bonds. The van der Waals surface area contributed by atoms with Crippen molar-refractivity contribution in [3.05, 3.63) is 29.3 Å². The number of carbonyl (C=O) groups excluding carboxylic acids is 1. The van der Waals surface area contributed by atoms with Gasteiger partial charge in [0.05, 0.1) is 5.56 Å². The van der Waals surface area contributed by atoms with Crippen LogP contribution in [0.4, 0.5) is 5.69 Å². The van der Waals surface area contributed by atoms with Crippen molar-refractivity contribution in [1.29, 1.82) is 0 Å². The van der Waals surface area contributed by atoms with Gasteiger partial charge in [0.2, 0.25) is 5.91 Å². The third-order valence-corrected chi connectivity index (χ3v) is 4.63. The molecule has 1 aromatic rings. The maximum absolute atomic E-state index is 11.4. The molecule has 1 aromatic carbocycles. The molecule has 2 saturated heterocycles. The quantitative estimate of drug-likeness (QED) is 0.870. The number of benzene rings is 1. The van der Waals surface area contributed by atoms with Crippen LogP contribution in [0.1, 0.15) is 35.2 Å². The van der Waals surface area contributed by atoms with Crippen molar-refractivity contribution < 1.29 is 14.7 Å². The van der Waals surface area contributed by atoms with Gasteiger partial charge < -0.3 is 15.3 Å². The predicted molar refractivity (Wildman–Crippen MR) is 79.6 cm³/mol. The van der Waals surface area contributed by atoms with Crippen molar-refractivity contribution in [2.24, 2.45) is 5.92 Å². The molecule has 0 radical (unpaired) electrons. The number of hydrogen-bond donors (Lipinski definition) is 2. The molecule has 2 N–H and O–H groups in total. The largest absolute Gasteiger partial charge is 0.478 e. The molecule has 2 unspecified atom stereocenters. The van der Waals surface area contributed by atoms with Crippen LogP contribution < -0.4 is 10.2 Å². The molecule has 112 valence electrons. The van der Waals surface area contributed by atoms with Crippen molar-refractivity contribution in [2.75, 3.05) is 18.0 Å². The van der Waals surface area contributed by atoms with Crippen molar-refractivity contribution in [1.82, 2.24) is 5.32 Å². The van der Waals surface area contributed by atoms with Crippen molar-refractivity contribution in [2.45, 2.75) is 32.2 Å². The number of carbonyl (C=O) groups is 2. The normalized spacial score (nSPS) is 25.2. The molecular formula is C16H20N2O3. The third kappa shape index (κ3) is 2.73. The van der Waals surface area contributed by atoms with Gasteiger partial charge in [-0.1, -0.05) is 0 Å². The highest BCUT2D eigenvalue weighted by atomic mass is 16.4. The van der Waals surface area contributed by atoms with Gasteiger partial charge in [-0.25, -0.2) is 4.79 Å². The van der Waals surface area contributed by atoms with Gasteiger partial charge in [0, 0.05) is 31.2 Å². The van der Waals surface area contributed by atoms with E-state index in [1.807, 2.05) is 19.1 Å². The summed E-state index contributed by atoms with van der Waals surface area (Å²) in [5.74, 6) is -0.213. The van der Waals surface area contributed by atoms with Crippen molar-refractivity contribution in [3.8, 4) is 0 Å². The van der Waals surface area contributed by atoms with Gasteiger partial charge in [-0.3, -0.25) is 4.79 Å². The Hall–Kier alpha value is -2.04. The number of fused-ring (bicyclic) bond motifs is 1. The van der Waals surface area contributed by atoms with E-state index in [9.17, 15) is 9.59 Å². The molecule has 0 saturated carbocycles. The molecular weight excluding hydrogens is 268 g/mol. The third-order valence-electron chi connectivity index (χ3n) is 4.63. The average Bonchev–Trinajstić information content (AvgIpc) is 2.46. The first-order valence-corrected chi connectivity index (χ1v) is 7.43. The lowest BCUT2D eigenvalue weighted by Crippen LogP contribution is -2.54. The lowest BCUT2D eigenvalue weighted by atomic mass is 9.85. The first-order valence-electron chi connectivity index (χ1n) is 7.43. The van der Waals surface area contributed by atoms with Crippen LogP contribution in [0, 0.1) is 12.8 Å². The van der Waals surface area contributed by atoms with E-state index < -0.39 is 5.97 Å². The molecule has 2 heterocycles. The Bertz CT molecular complexity index is 585. The molecule has 2 fully saturated rings. The minimum atomic E-state index is -0.882. The Morgan fingerprint density at radius 2 is 2.19 bits per heavy atom. The van der Waals surface area contributed by atoms with E-state index in [0.29, 0.717) is 23.9 Å². The molecule has 2 aliphatic rings. The predicted octanol–water partition coefficient (Wildman–Crippen LogP) is 1.80. The van der Waals surface area contributed by atoms with Crippen LogP contribution in [0.5, 0.6) is 0 Å². The van der Waals surface area contributed by atoms with E-state index in [0.717, 1.165) is 37.2 Å². The Morgan fingerprint density at radius 1 is 1.38 bits per heavy atom. The molecule has 21 heavy (non-hydrogen) atoms. The van der Waals surface area contributed by atoms with Gasteiger partial charge in [-0.15, -0.1) is 0 Å². The van der Waals surface area contributed by atoms with E-state index in [4.69, 9.17) is 5.11 Å². The Morgan fingerprint density at radius 3 is 2.90 bits per heavy atom. The minimum absolute atomic E-state index is 0.173. The Labute approximate surface area is 123 Å². The fourth-order valence-electron chi connectivity index (χ4n) is 3.43. The summed E-state index contributed by atoms with van der Waals surface area (Å²) >= 11 is 0. The standard InChI is InChI=1S/C16H20N2O3/c1-10-8-12(3-4-13(10)16(20)21)18-7-6-14-11(9-18)2-5-15(19)17-14/h3-4,8,11,14H,2,5-7,9H2,1H3,(H,17,19)(H,20,21). The summed E-state index contributed by atoms with van der Waals surface area (Å²) in [6.45, 7) is 3.66. The number of nitrogens with one attached hydrogen (secondary N) is 1. The van der Waals surface area contributed by atoms with E-state index in [2.05, 4.69) is 10.2 Å². The zero-order valence-electron chi connectivity index (χ0n) is 12.1. The van der Waals surface area contributed by atoms with Gasteiger partial charge in [-0.05, 0) is 49.4 Å². The summed E-state index contributed by atoms with van der Waals surface area (Å²) in [4.78, 5) is 24.8. The van der Waals surface area contributed by atoms with Crippen LogP contribution in [-0.2, 0) is 4.79 Å². The number of aromatic carboxylic acids is 1. The van der Waals surface area contributed by atoms with E-state index in [1.54, 1.807) is 6.07 Å². The van der Waals surface area contributed by atoms with E-state index in [-0.39, 0.29) is 5.91 Å². The fraction of sp³-hybridized carbons (Fsp3) is 0.500. The van der Waals surface area contributed by atoms with Crippen molar-refractivity contribution >= 4 is 17.6 Å². The highest BCUT2D eigenvalue weighted by molar-refractivity contribution is 5.90. The molecule has 2 aliphatic heterocycles. The van der Waals surface area contributed by atoms with Crippen LogP contribution in [-0.4, -0.2) is 36.1 Å². The number of anilines is 1. The van der Waals surface area contributed by atoms with E-state index in [1.165, 1.54) is 0 Å². The molecule has 5 heteroatoms. The summed E-state index contributed by atoms with van der Waals surface area (Å²) < 4.78 is 0. The maximum atomic E-state index is 11.4. The van der Waals surface area contributed by atoms with Gasteiger partial charge in [0.1, 0.15) is 0 Å². The summed E-state index contributed by atoms with van der Waals surface area (Å²) in [6, 6.07) is 5.83. The molecule has 0 spiro atoms. The number of rotatable bonds is 2. The highest BCUT2D eigenvalue weighted by Gasteiger charge is 2.33. The smallest absolute Gasteiger partial charge is 0.335 e. The molecule has 0 aliphatic carbocycles. The minimum Gasteiger partial charge on any atom is -0.478 e. The van der Waals surface area contributed by atoms with Crippen molar-refractivity contribution in [3.63, 3.8) is 0 Å². The molecule has 2 atom stereocenters. The SMILES string of the molecule is Cc1cc(N2CCC3NC(=O)CCC3C2)ccc1C(=O)O. The second-order valence-corrected chi connectivity index (χ2v) is 6.01. The number of amides is 1. The van der Waals surface area contributed by atoms with Gasteiger partial charge in [0.15, 0.2) is 0 Å². The summed E-state index contributed by atoms with van der Waals surface area (Å²) in [7, 11) is 0. The van der Waals surface area contributed by atoms with E-state index >= 15 is 0 Å². The van der Waals surface area contributed by atoms with Crippen LogP contribution in [0.3, 0.4) is 0 Å². The number of carboxylic acids is 1. The van der Waals surface area contributed by atoms with Gasteiger partial charge >= 0.3 is 5.97 Å². The summed E-state index contributed by atoms with van der Waals surface area (Å²) in [5, 5.41) is 12.2. The molecule has 0 aromatic heterocycles. The number of nitrogens with zero attached hydrogens (tertiary/aromatic N) is 1. The van der Waals surface area contributed by atoms with Crippen LogP contribution in [0.25, 0.3) is 0 Å². The van der Waals surface area contributed by atoms with Crippen LogP contribution in [0.15, 0.2) is 18.2 Å². The zero-order valence-corrected chi connectivity index (χ0v) is 12.1. The Kier molecular flexibility index (Phi) is 3.57. The lowest BCUT2D eigenvalue weighted by Gasteiger charge is -2.42. The Balaban J connectivity index is 1.75. The second kappa shape index (κ2) is 5.39. The number of aryl methyl sites for hydroxylation is 1. The average molecular weight is 288 g/mol. The summed E-state index contributed by atoms with van der Waals surface area (Å²) in [6.07, 6.45) is 2.52.